The van der Waals surface area contributed by atoms with Gasteiger partial charge >= 0.3 is 0 Å². The highest BCUT2D eigenvalue weighted by atomic mass is 16.5. The van der Waals surface area contributed by atoms with E-state index in [9.17, 15) is 0 Å². The van der Waals surface area contributed by atoms with Crippen LogP contribution in [0.25, 0.3) is 0 Å². The fourth-order valence-corrected chi connectivity index (χ4v) is 1.50. The van der Waals surface area contributed by atoms with Gasteiger partial charge in [-0.2, -0.15) is 0 Å². The molecule has 0 atom stereocenters. The summed E-state index contributed by atoms with van der Waals surface area (Å²) in [5.74, 6) is 0. The van der Waals surface area contributed by atoms with E-state index in [0.717, 1.165) is 38.9 Å². The molecule has 0 bridgehead atoms. The Kier molecular flexibility index (Phi) is 9.60. The minimum atomic E-state index is 0.797. The lowest BCUT2D eigenvalue weighted by Gasteiger charge is -2.08. The van der Waals surface area contributed by atoms with E-state index in [1.807, 2.05) is 0 Å². The summed E-state index contributed by atoms with van der Waals surface area (Å²) in [6.45, 7) is 10.3. The van der Waals surface area contributed by atoms with Crippen LogP contribution >= 0.6 is 0 Å². The van der Waals surface area contributed by atoms with Crippen molar-refractivity contribution in [3.63, 3.8) is 0 Å². The first-order valence-electron chi connectivity index (χ1n) is 6.21. The van der Waals surface area contributed by atoms with Gasteiger partial charge in [-0.25, -0.2) is 0 Å². The molecule has 0 unspecified atom stereocenters. The van der Waals surface area contributed by atoms with Gasteiger partial charge in [-0.15, -0.1) is 0 Å². The highest BCUT2D eigenvalue weighted by Gasteiger charge is 1.97. The van der Waals surface area contributed by atoms with Crippen LogP contribution in [0.5, 0.6) is 0 Å². The monoisotopic (exact) mass is 210 g/mol. The van der Waals surface area contributed by atoms with Crippen LogP contribution in [0, 0.1) is 0 Å². The van der Waals surface area contributed by atoms with Crippen molar-refractivity contribution in [3.05, 3.63) is 23.3 Å². The standard InChI is InChI=1S/C14H26O/c1-5-9-13(7-3)11-15-12-14(8-4)10-6-2/h9-10H,5-8,11-12H2,1-4H3. The van der Waals surface area contributed by atoms with E-state index in [2.05, 4.69) is 39.8 Å². The van der Waals surface area contributed by atoms with Crippen LogP contribution in [0.4, 0.5) is 0 Å². The third kappa shape index (κ3) is 7.38. The van der Waals surface area contributed by atoms with Crippen LogP contribution in [0.1, 0.15) is 53.4 Å². The molecule has 0 saturated carbocycles. The number of allylic oxidation sites excluding steroid dienone is 2. The molecule has 0 radical (unpaired) electrons. The van der Waals surface area contributed by atoms with E-state index in [1.54, 1.807) is 0 Å². The third-order valence-electron chi connectivity index (χ3n) is 2.47. The Morgan fingerprint density at radius 2 is 1.20 bits per heavy atom. The molecule has 0 aliphatic heterocycles. The minimum absolute atomic E-state index is 0.797. The fraction of sp³-hybridized carbons (Fsp3) is 0.714. The Morgan fingerprint density at radius 1 is 0.800 bits per heavy atom. The van der Waals surface area contributed by atoms with E-state index in [4.69, 9.17) is 4.74 Å². The van der Waals surface area contributed by atoms with Gasteiger partial charge in [0.2, 0.25) is 0 Å². The van der Waals surface area contributed by atoms with Gasteiger partial charge in [0.1, 0.15) is 0 Å². The van der Waals surface area contributed by atoms with Gasteiger partial charge < -0.3 is 4.74 Å². The van der Waals surface area contributed by atoms with Crippen molar-refractivity contribution in [3.8, 4) is 0 Å². The zero-order valence-electron chi connectivity index (χ0n) is 10.8. The van der Waals surface area contributed by atoms with Gasteiger partial charge in [0.25, 0.3) is 0 Å². The molecular weight excluding hydrogens is 184 g/mol. The fourth-order valence-electron chi connectivity index (χ4n) is 1.50. The van der Waals surface area contributed by atoms with Gasteiger partial charge in [-0.3, -0.25) is 0 Å². The molecule has 0 aromatic carbocycles. The highest BCUT2D eigenvalue weighted by Crippen LogP contribution is 2.07. The molecule has 15 heavy (non-hydrogen) atoms. The van der Waals surface area contributed by atoms with Gasteiger partial charge in [0.15, 0.2) is 0 Å². The first-order chi connectivity index (χ1) is 7.28. The molecule has 0 aliphatic carbocycles. The topological polar surface area (TPSA) is 9.23 Å². The molecule has 0 heterocycles. The molecule has 0 saturated heterocycles. The first kappa shape index (κ1) is 14.4. The summed E-state index contributed by atoms with van der Waals surface area (Å²) in [6, 6.07) is 0. The van der Waals surface area contributed by atoms with Crippen LogP contribution < -0.4 is 0 Å². The lowest BCUT2D eigenvalue weighted by atomic mass is 10.1. The van der Waals surface area contributed by atoms with Gasteiger partial charge in [0.05, 0.1) is 13.2 Å². The first-order valence-corrected chi connectivity index (χ1v) is 6.21. The molecule has 0 aromatic heterocycles. The zero-order chi connectivity index (χ0) is 11.5. The summed E-state index contributed by atoms with van der Waals surface area (Å²) in [7, 11) is 0. The number of hydrogen-bond donors (Lipinski definition) is 0. The largest absolute Gasteiger partial charge is 0.373 e. The molecule has 1 heteroatoms. The van der Waals surface area contributed by atoms with Crippen LogP contribution in [-0.4, -0.2) is 13.2 Å². The molecular formula is C14H26O. The molecule has 88 valence electrons. The van der Waals surface area contributed by atoms with E-state index in [1.165, 1.54) is 11.1 Å². The average molecular weight is 210 g/mol. The van der Waals surface area contributed by atoms with Gasteiger partial charge in [0, 0.05) is 0 Å². The second-order valence-electron chi connectivity index (χ2n) is 3.74. The minimum Gasteiger partial charge on any atom is -0.373 e. The Hall–Kier alpha value is -0.560. The van der Waals surface area contributed by atoms with Crippen molar-refractivity contribution in [1.29, 1.82) is 0 Å². The van der Waals surface area contributed by atoms with Crippen molar-refractivity contribution in [2.75, 3.05) is 13.2 Å². The predicted octanol–water partition coefficient (Wildman–Crippen LogP) is 4.50. The van der Waals surface area contributed by atoms with Crippen LogP contribution in [0.2, 0.25) is 0 Å². The van der Waals surface area contributed by atoms with Crippen LogP contribution in [-0.2, 0) is 4.74 Å². The maximum Gasteiger partial charge on any atom is 0.0681 e. The van der Waals surface area contributed by atoms with Crippen LogP contribution in [0.15, 0.2) is 23.3 Å². The van der Waals surface area contributed by atoms with Crippen molar-refractivity contribution in [1.82, 2.24) is 0 Å². The number of ether oxygens (including phenoxy) is 1. The Morgan fingerprint density at radius 3 is 1.47 bits per heavy atom. The van der Waals surface area contributed by atoms with Gasteiger partial charge in [-0.05, 0) is 36.8 Å². The van der Waals surface area contributed by atoms with E-state index >= 15 is 0 Å². The van der Waals surface area contributed by atoms with Crippen molar-refractivity contribution >= 4 is 0 Å². The molecule has 0 N–H and O–H groups in total. The molecule has 0 aliphatic rings. The van der Waals surface area contributed by atoms with Crippen molar-refractivity contribution in [2.24, 2.45) is 0 Å². The summed E-state index contributed by atoms with van der Waals surface area (Å²) in [4.78, 5) is 0. The van der Waals surface area contributed by atoms with E-state index < -0.39 is 0 Å². The summed E-state index contributed by atoms with van der Waals surface area (Å²) in [5.41, 5.74) is 2.84. The normalized spacial score (nSPS) is 13.3. The maximum absolute atomic E-state index is 5.71. The molecule has 0 spiro atoms. The van der Waals surface area contributed by atoms with E-state index in [0.29, 0.717) is 0 Å². The van der Waals surface area contributed by atoms with E-state index in [-0.39, 0.29) is 0 Å². The zero-order valence-corrected chi connectivity index (χ0v) is 10.8. The molecule has 1 nitrogen and oxygen atoms in total. The smallest absolute Gasteiger partial charge is 0.0681 e. The molecule has 0 aromatic rings. The number of rotatable bonds is 8. The maximum atomic E-state index is 5.71. The van der Waals surface area contributed by atoms with Crippen LogP contribution in [0.3, 0.4) is 0 Å². The Balaban J connectivity index is 3.85. The Labute approximate surface area is 95.2 Å². The second-order valence-corrected chi connectivity index (χ2v) is 3.74. The van der Waals surface area contributed by atoms with Gasteiger partial charge in [-0.1, -0.05) is 39.8 Å². The quantitative estimate of drug-likeness (QED) is 0.536. The summed E-state index contributed by atoms with van der Waals surface area (Å²) in [5, 5.41) is 0. The SMILES string of the molecule is CCC=C(CC)COCC(=CCC)CC. The summed E-state index contributed by atoms with van der Waals surface area (Å²) >= 11 is 0. The average Bonchev–Trinajstić information content (AvgIpc) is 2.26. The predicted molar refractivity (Wildman–Crippen MR) is 68.1 cm³/mol. The lowest BCUT2D eigenvalue weighted by molar-refractivity contribution is 0.176. The Bertz CT molecular complexity index is 179. The summed E-state index contributed by atoms with van der Waals surface area (Å²) in [6.07, 6.45) is 8.97. The molecule has 0 rings (SSSR count). The molecule has 0 amide bonds. The second kappa shape index (κ2) is 9.97. The highest BCUT2D eigenvalue weighted by molar-refractivity contribution is 5.04. The number of hydrogen-bond acceptors (Lipinski definition) is 1. The molecule has 0 fully saturated rings. The third-order valence-corrected chi connectivity index (χ3v) is 2.47. The lowest BCUT2D eigenvalue weighted by Crippen LogP contribution is -2.02. The van der Waals surface area contributed by atoms with Crippen molar-refractivity contribution in [2.45, 2.75) is 53.4 Å². The van der Waals surface area contributed by atoms with Crippen molar-refractivity contribution < 1.29 is 4.74 Å². The summed E-state index contributed by atoms with van der Waals surface area (Å²) < 4.78 is 5.71.